The van der Waals surface area contributed by atoms with Gasteiger partial charge in [-0.1, -0.05) is 49.6 Å². The number of β-amino-alcohol motifs (C(OH)–C–C–N with tert-alkyl or cyclic N) is 1. The van der Waals surface area contributed by atoms with Crippen molar-refractivity contribution in [3.63, 3.8) is 0 Å². The Balaban J connectivity index is 1.37. The lowest BCUT2D eigenvalue weighted by Gasteiger charge is -2.41. The van der Waals surface area contributed by atoms with E-state index in [1.54, 1.807) is 6.07 Å². The van der Waals surface area contributed by atoms with Gasteiger partial charge in [-0.15, -0.1) is 0 Å². The number of carbonyl (C=O) groups excluding carboxylic acids is 2. The van der Waals surface area contributed by atoms with Gasteiger partial charge in [0.2, 0.25) is 5.91 Å². The van der Waals surface area contributed by atoms with Crippen molar-refractivity contribution in [3.8, 4) is 0 Å². The van der Waals surface area contributed by atoms with Crippen LogP contribution >= 0.6 is 0 Å². The van der Waals surface area contributed by atoms with E-state index in [9.17, 15) is 19.1 Å². The van der Waals surface area contributed by atoms with Crippen LogP contribution in [0.3, 0.4) is 0 Å². The summed E-state index contributed by atoms with van der Waals surface area (Å²) in [5, 5.41) is 16.6. The topological polar surface area (TPSA) is 117 Å². The second-order valence-corrected chi connectivity index (χ2v) is 9.41. The van der Waals surface area contributed by atoms with Gasteiger partial charge in [0, 0.05) is 13.1 Å². The van der Waals surface area contributed by atoms with Crippen LogP contribution in [-0.4, -0.2) is 47.9 Å². The normalized spacial score (nSPS) is 21.7. The van der Waals surface area contributed by atoms with Gasteiger partial charge >= 0.3 is 6.09 Å². The Morgan fingerprint density at radius 1 is 1.14 bits per heavy atom. The highest BCUT2D eigenvalue weighted by atomic mass is 19.1. The average Bonchev–Trinajstić information content (AvgIpc) is 2.85. The first-order valence-electron chi connectivity index (χ1n) is 12.1. The molecule has 1 saturated carbocycles. The van der Waals surface area contributed by atoms with Crippen LogP contribution in [0.2, 0.25) is 0 Å². The maximum atomic E-state index is 13.4. The van der Waals surface area contributed by atoms with Crippen molar-refractivity contribution in [1.82, 2.24) is 10.6 Å². The van der Waals surface area contributed by atoms with Gasteiger partial charge in [-0.25, -0.2) is 9.18 Å². The fraction of sp³-hybridized carbons (Fsp3) is 0.462. The molecule has 2 atom stereocenters. The number of piperidine rings is 1. The number of aliphatic hydroxyl groups excluding tert-OH is 1. The van der Waals surface area contributed by atoms with Crippen LogP contribution < -0.4 is 21.3 Å². The summed E-state index contributed by atoms with van der Waals surface area (Å²) >= 11 is 0. The van der Waals surface area contributed by atoms with Gasteiger partial charge in [-0.2, -0.15) is 0 Å². The molecule has 4 rings (SSSR count). The third-order valence-electron chi connectivity index (χ3n) is 6.92. The van der Waals surface area contributed by atoms with Crippen molar-refractivity contribution in [2.75, 3.05) is 23.7 Å². The minimum absolute atomic E-state index is 0.119. The minimum atomic E-state index is -1.07. The Kier molecular flexibility index (Phi) is 7.75. The number of amides is 2. The van der Waals surface area contributed by atoms with Gasteiger partial charge in [0.1, 0.15) is 18.0 Å². The molecular formula is C26H33FN4O4. The number of nitrogens with two attached hydrogens (primary N) is 1. The molecule has 5 N–H and O–H groups in total. The van der Waals surface area contributed by atoms with E-state index < -0.39 is 29.6 Å². The van der Waals surface area contributed by atoms with E-state index in [1.807, 2.05) is 35.2 Å². The Bertz CT molecular complexity index is 1030. The van der Waals surface area contributed by atoms with Gasteiger partial charge in [0.15, 0.2) is 0 Å². The predicted molar refractivity (Wildman–Crippen MR) is 131 cm³/mol. The number of nitrogens with one attached hydrogen (secondary N) is 2. The van der Waals surface area contributed by atoms with Crippen molar-refractivity contribution in [1.29, 1.82) is 0 Å². The number of alkyl carbamates (subject to hydrolysis) is 1. The molecule has 2 unspecified atom stereocenters. The molecule has 2 aromatic rings. The molecule has 1 heterocycles. The molecule has 2 amide bonds. The largest absolute Gasteiger partial charge is 0.445 e. The summed E-state index contributed by atoms with van der Waals surface area (Å²) in [6, 6.07) is 13.1. The van der Waals surface area contributed by atoms with E-state index in [0.29, 0.717) is 37.2 Å². The number of nitrogen functional groups attached to an aromatic ring is 1. The summed E-state index contributed by atoms with van der Waals surface area (Å²) in [5.74, 6) is -0.714. The molecule has 8 nitrogen and oxygen atoms in total. The van der Waals surface area contributed by atoms with Crippen molar-refractivity contribution >= 4 is 23.4 Å². The third kappa shape index (κ3) is 6.03. The third-order valence-corrected chi connectivity index (χ3v) is 6.92. The summed E-state index contributed by atoms with van der Waals surface area (Å²) in [4.78, 5) is 27.9. The molecule has 1 aliphatic heterocycles. The van der Waals surface area contributed by atoms with E-state index in [-0.39, 0.29) is 19.1 Å². The molecule has 0 bridgehead atoms. The quantitative estimate of drug-likeness (QED) is 0.468. The maximum absolute atomic E-state index is 13.4. The zero-order valence-corrected chi connectivity index (χ0v) is 19.7. The van der Waals surface area contributed by atoms with Gasteiger partial charge in [-0.05, 0) is 43.0 Å². The van der Waals surface area contributed by atoms with E-state index in [4.69, 9.17) is 10.5 Å². The highest BCUT2D eigenvalue weighted by Gasteiger charge is 2.43. The fourth-order valence-electron chi connectivity index (χ4n) is 4.96. The van der Waals surface area contributed by atoms with Crippen molar-refractivity contribution in [3.05, 3.63) is 59.9 Å². The van der Waals surface area contributed by atoms with Crippen molar-refractivity contribution < 1.29 is 23.8 Å². The van der Waals surface area contributed by atoms with Crippen LogP contribution in [0, 0.1) is 5.82 Å². The highest BCUT2D eigenvalue weighted by molar-refractivity contribution is 5.90. The Morgan fingerprint density at radius 2 is 1.89 bits per heavy atom. The molecule has 2 aliphatic rings. The lowest BCUT2D eigenvalue weighted by Crippen LogP contribution is -2.64. The number of benzene rings is 2. The number of rotatable bonds is 6. The van der Waals surface area contributed by atoms with Gasteiger partial charge < -0.3 is 31.1 Å². The number of nitrogens with zero attached hydrogens (tertiary/aromatic N) is 1. The van der Waals surface area contributed by atoms with Gasteiger partial charge in [-0.3, -0.25) is 4.79 Å². The van der Waals surface area contributed by atoms with Crippen LogP contribution in [0.15, 0.2) is 48.5 Å². The van der Waals surface area contributed by atoms with Crippen LogP contribution in [0.1, 0.15) is 44.1 Å². The first kappa shape index (κ1) is 24.8. The molecule has 0 spiro atoms. The van der Waals surface area contributed by atoms with Gasteiger partial charge in [0.25, 0.3) is 0 Å². The van der Waals surface area contributed by atoms with E-state index >= 15 is 0 Å². The molecule has 188 valence electrons. The molecule has 2 aromatic carbocycles. The smallest absolute Gasteiger partial charge is 0.408 e. The number of anilines is 2. The molecular weight excluding hydrogens is 451 g/mol. The summed E-state index contributed by atoms with van der Waals surface area (Å²) in [5.41, 5.74) is 6.71. The number of hydrogen-bond donors (Lipinski definition) is 4. The summed E-state index contributed by atoms with van der Waals surface area (Å²) in [6.45, 7) is 0.909. The standard InChI is InChI=1S/C26H33FN4O4/c27-19-9-10-22(20(28)15-19)31-14-11-21(23(32)16-31)29-24(33)26(12-5-2-6-13-26)30-25(34)35-17-18-7-3-1-4-8-18/h1,3-4,7-10,15,21,23,32H,2,5-6,11-14,16-17,28H2,(H,29,33)(H,30,34). The first-order valence-corrected chi connectivity index (χ1v) is 12.1. The van der Waals surface area contributed by atoms with Crippen LogP contribution in [0.4, 0.5) is 20.6 Å². The molecule has 1 saturated heterocycles. The first-order chi connectivity index (χ1) is 16.9. The van der Waals surface area contributed by atoms with E-state index in [2.05, 4.69) is 10.6 Å². The number of aliphatic hydroxyl groups is 1. The number of carbonyl (C=O) groups is 2. The Labute approximate surface area is 204 Å². The lowest BCUT2D eigenvalue weighted by atomic mass is 9.80. The number of ether oxygens (including phenoxy) is 1. The maximum Gasteiger partial charge on any atom is 0.408 e. The van der Waals surface area contributed by atoms with Crippen molar-refractivity contribution in [2.45, 2.75) is 62.8 Å². The highest BCUT2D eigenvalue weighted by Crippen LogP contribution is 2.30. The van der Waals surface area contributed by atoms with Crippen LogP contribution in [0.5, 0.6) is 0 Å². The molecule has 2 fully saturated rings. The van der Waals surface area contributed by atoms with Crippen LogP contribution in [-0.2, 0) is 16.1 Å². The zero-order chi connectivity index (χ0) is 24.8. The zero-order valence-electron chi connectivity index (χ0n) is 19.7. The molecule has 0 aromatic heterocycles. The SMILES string of the molecule is Nc1cc(F)ccc1N1CCC(NC(=O)C2(NC(=O)OCc3ccccc3)CCCCC2)C(O)C1. The minimum Gasteiger partial charge on any atom is -0.445 e. The predicted octanol–water partition coefficient (Wildman–Crippen LogP) is 3.09. The van der Waals surface area contributed by atoms with E-state index in [0.717, 1.165) is 24.8 Å². The molecule has 1 aliphatic carbocycles. The summed E-state index contributed by atoms with van der Waals surface area (Å²) in [6.07, 6.45) is 2.67. The van der Waals surface area contributed by atoms with Gasteiger partial charge in [0.05, 0.1) is 23.5 Å². The molecule has 0 radical (unpaired) electrons. The Morgan fingerprint density at radius 3 is 2.57 bits per heavy atom. The number of hydrogen-bond acceptors (Lipinski definition) is 6. The molecule has 9 heteroatoms. The summed E-state index contributed by atoms with van der Waals surface area (Å²) < 4.78 is 18.8. The molecule has 35 heavy (non-hydrogen) atoms. The second-order valence-electron chi connectivity index (χ2n) is 9.41. The lowest BCUT2D eigenvalue weighted by molar-refractivity contribution is -0.130. The second kappa shape index (κ2) is 10.9. The monoisotopic (exact) mass is 484 g/mol. The average molecular weight is 485 g/mol. The Hall–Kier alpha value is -3.33. The number of halogens is 1. The van der Waals surface area contributed by atoms with Crippen LogP contribution in [0.25, 0.3) is 0 Å². The van der Waals surface area contributed by atoms with Crippen molar-refractivity contribution in [2.24, 2.45) is 0 Å². The van der Waals surface area contributed by atoms with E-state index in [1.165, 1.54) is 12.1 Å². The fourth-order valence-corrected chi connectivity index (χ4v) is 4.96. The summed E-state index contributed by atoms with van der Waals surface area (Å²) in [7, 11) is 0.